The summed E-state index contributed by atoms with van der Waals surface area (Å²) < 4.78 is 18.5. The van der Waals surface area contributed by atoms with E-state index in [2.05, 4.69) is 17.6 Å². The van der Waals surface area contributed by atoms with Crippen LogP contribution in [0.1, 0.15) is 46.8 Å². The summed E-state index contributed by atoms with van der Waals surface area (Å²) in [5, 5.41) is 6.19. The Morgan fingerprint density at radius 2 is 1.62 bits per heavy atom. The number of nitrogens with zero attached hydrogens (tertiary/aromatic N) is 1. The highest BCUT2D eigenvalue weighted by atomic mass is 16.5. The van der Waals surface area contributed by atoms with E-state index in [1.807, 2.05) is 96.7 Å². The number of hydrogen-bond acceptors (Lipinski definition) is 7. The Morgan fingerprint density at radius 1 is 0.958 bits per heavy atom. The summed E-state index contributed by atoms with van der Waals surface area (Å²) in [5.74, 6) is 0.829. The molecule has 4 N–H and O–H groups in total. The molecule has 0 spiro atoms. The van der Waals surface area contributed by atoms with Crippen molar-refractivity contribution < 1.29 is 19.0 Å². The van der Waals surface area contributed by atoms with Crippen LogP contribution in [-0.2, 0) is 11.3 Å². The molecule has 3 aromatic carbocycles. The number of ether oxygens (including phenoxy) is 3. The number of pyridine rings is 1. The molecule has 1 saturated heterocycles. The molecule has 0 saturated carbocycles. The maximum atomic E-state index is 13.8. The highest BCUT2D eigenvalue weighted by Crippen LogP contribution is 2.34. The molecule has 48 heavy (non-hydrogen) atoms. The van der Waals surface area contributed by atoms with E-state index in [1.165, 1.54) is 0 Å². The number of aromatic nitrogens is 1. The van der Waals surface area contributed by atoms with Gasteiger partial charge in [-0.05, 0) is 83.4 Å². The Balaban J connectivity index is 1.26. The van der Waals surface area contributed by atoms with Crippen LogP contribution >= 0.6 is 0 Å². The van der Waals surface area contributed by atoms with Crippen LogP contribution in [0, 0.1) is 12.3 Å². The average Bonchev–Trinajstić information content (AvgIpc) is 3.10. The minimum Gasteiger partial charge on any atom is -0.493 e. The topological polar surface area (TPSA) is 117 Å². The maximum absolute atomic E-state index is 13.8. The second kappa shape index (κ2) is 13.9. The summed E-state index contributed by atoms with van der Waals surface area (Å²) in [6.07, 6.45) is 8.87. The van der Waals surface area contributed by atoms with E-state index in [0.717, 1.165) is 46.2 Å². The fraction of sp³-hybridized carbons (Fsp3) is 0.282. The second-order valence-electron chi connectivity index (χ2n) is 12.8. The van der Waals surface area contributed by atoms with Crippen molar-refractivity contribution in [2.45, 2.75) is 39.4 Å². The van der Waals surface area contributed by atoms with Gasteiger partial charge in [0.05, 0.1) is 14.2 Å². The van der Waals surface area contributed by atoms with Crippen molar-refractivity contribution in [3.63, 3.8) is 0 Å². The molecule has 1 amide bonds. The monoisotopic (exact) mass is 646 g/mol. The van der Waals surface area contributed by atoms with Crippen LogP contribution in [0.2, 0.25) is 0 Å². The van der Waals surface area contributed by atoms with Crippen molar-refractivity contribution >= 4 is 22.7 Å². The molecule has 2 aliphatic heterocycles. The van der Waals surface area contributed by atoms with E-state index >= 15 is 0 Å². The number of anilines is 1. The number of allylic oxidation sites excluding steroid dienone is 2. The van der Waals surface area contributed by atoms with Gasteiger partial charge in [0, 0.05) is 49.6 Å². The average molecular weight is 647 g/mol. The van der Waals surface area contributed by atoms with Crippen molar-refractivity contribution in [1.82, 2.24) is 9.88 Å². The number of nitrogens with two attached hydrogens (primary N) is 1. The molecule has 6 rings (SSSR count). The smallest absolute Gasteiger partial charge is 0.261 e. The minimum atomic E-state index is -0.457. The Bertz CT molecular complexity index is 1920. The molecule has 1 unspecified atom stereocenters. The van der Waals surface area contributed by atoms with Crippen LogP contribution in [0.4, 0.5) is 5.69 Å². The highest BCUT2D eigenvalue weighted by molar-refractivity contribution is 6.04. The van der Waals surface area contributed by atoms with Crippen LogP contribution in [0.25, 0.3) is 22.3 Å². The third-order valence-electron chi connectivity index (χ3n) is 9.21. The van der Waals surface area contributed by atoms with Gasteiger partial charge in [0.25, 0.3) is 5.91 Å². The fourth-order valence-corrected chi connectivity index (χ4v) is 6.24. The molecule has 9 heteroatoms. The normalized spacial score (nSPS) is 17.1. The third kappa shape index (κ3) is 7.07. The third-order valence-corrected chi connectivity index (χ3v) is 9.21. The number of rotatable bonds is 9. The standard InChI is InChI=1S/C39H42N4O5/c1-25-5-7-27(8-6-25)32-22-43(24-39(2)15-17-48-18-16-39)23-33(36(32)44)38(45)42-30-12-9-26(10-13-30)31-19-29(21-41-37(31)40)28-11-14-34(46-3)35(20-28)47-4/h5-14,19-23,37,41H,15-18,24,40H2,1-4H3,(H,42,45). The predicted molar refractivity (Wildman–Crippen MR) is 190 cm³/mol. The summed E-state index contributed by atoms with van der Waals surface area (Å²) in [4.78, 5) is 27.5. The zero-order valence-electron chi connectivity index (χ0n) is 27.8. The largest absolute Gasteiger partial charge is 0.493 e. The molecule has 4 aromatic rings. The molecule has 1 fully saturated rings. The van der Waals surface area contributed by atoms with Crippen molar-refractivity contribution in [2.24, 2.45) is 11.1 Å². The van der Waals surface area contributed by atoms with Gasteiger partial charge in [-0.2, -0.15) is 0 Å². The van der Waals surface area contributed by atoms with Gasteiger partial charge in [-0.25, -0.2) is 0 Å². The lowest BCUT2D eigenvalue weighted by atomic mass is 9.82. The predicted octanol–water partition coefficient (Wildman–Crippen LogP) is 6.22. The molecule has 9 nitrogen and oxygen atoms in total. The number of aryl methyl sites for hydroxylation is 1. The number of nitrogens with one attached hydrogen (secondary N) is 2. The summed E-state index contributed by atoms with van der Waals surface area (Å²) in [7, 11) is 3.21. The first-order chi connectivity index (χ1) is 23.2. The van der Waals surface area contributed by atoms with Crippen molar-refractivity contribution in [1.29, 1.82) is 0 Å². The van der Waals surface area contributed by atoms with Crippen LogP contribution in [0.15, 0.2) is 96.2 Å². The highest BCUT2D eigenvalue weighted by Gasteiger charge is 2.28. The van der Waals surface area contributed by atoms with Gasteiger partial charge in [-0.3, -0.25) is 9.59 Å². The van der Waals surface area contributed by atoms with Crippen molar-refractivity contribution in [3.05, 3.63) is 124 Å². The summed E-state index contributed by atoms with van der Waals surface area (Å²) in [6, 6.07) is 21.0. The molecular formula is C39H42N4O5. The molecule has 1 atom stereocenters. The van der Waals surface area contributed by atoms with Gasteiger partial charge in [0.2, 0.25) is 5.43 Å². The van der Waals surface area contributed by atoms with E-state index < -0.39 is 12.1 Å². The quantitative estimate of drug-likeness (QED) is 0.198. The Hall–Kier alpha value is -5.12. The zero-order chi connectivity index (χ0) is 33.8. The summed E-state index contributed by atoms with van der Waals surface area (Å²) >= 11 is 0. The first-order valence-corrected chi connectivity index (χ1v) is 16.1. The fourth-order valence-electron chi connectivity index (χ4n) is 6.24. The Morgan fingerprint density at radius 3 is 2.31 bits per heavy atom. The van der Waals surface area contributed by atoms with E-state index in [1.54, 1.807) is 20.4 Å². The lowest BCUT2D eigenvalue weighted by Gasteiger charge is -2.34. The van der Waals surface area contributed by atoms with E-state index in [-0.39, 0.29) is 16.4 Å². The van der Waals surface area contributed by atoms with Crippen LogP contribution in [0.3, 0.4) is 0 Å². The summed E-state index contributed by atoms with van der Waals surface area (Å²) in [5.41, 5.74) is 12.8. The molecule has 0 aliphatic carbocycles. The van der Waals surface area contributed by atoms with Crippen molar-refractivity contribution in [2.75, 3.05) is 32.8 Å². The zero-order valence-corrected chi connectivity index (χ0v) is 27.8. The minimum absolute atomic E-state index is 0.000545. The van der Waals surface area contributed by atoms with Gasteiger partial charge in [0.15, 0.2) is 11.5 Å². The van der Waals surface area contributed by atoms with Gasteiger partial charge >= 0.3 is 0 Å². The molecule has 2 aliphatic rings. The van der Waals surface area contributed by atoms with Crippen LogP contribution in [-0.4, -0.2) is 44.1 Å². The number of amides is 1. The Kier molecular flexibility index (Phi) is 9.52. The van der Waals surface area contributed by atoms with E-state index in [9.17, 15) is 9.59 Å². The lowest BCUT2D eigenvalue weighted by Crippen LogP contribution is -2.36. The first-order valence-electron chi connectivity index (χ1n) is 16.1. The van der Waals surface area contributed by atoms with Gasteiger partial charge in [-0.1, -0.05) is 55.0 Å². The summed E-state index contributed by atoms with van der Waals surface area (Å²) in [6.45, 7) is 6.32. The van der Waals surface area contributed by atoms with E-state index in [0.29, 0.717) is 42.5 Å². The number of carbonyl (C=O) groups excluding carboxylic acids is 1. The van der Waals surface area contributed by atoms with E-state index in [4.69, 9.17) is 19.9 Å². The number of benzene rings is 3. The molecule has 0 radical (unpaired) electrons. The van der Waals surface area contributed by atoms with Gasteiger partial charge in [0.1, 0.15) is 11.7 Å². The molecule has 3 heterocycles. The number of methoxy groups -OCH3 is 2. The second-order valence-corrected chi connectivity index (χ2v) is 12.8. The lowest BCUT2D eigenvalue weighted by molar-refractivity contribution is 0.0154. The van der Waals surface area contributed by atoms with Crippen LogP contribution < -0.4 is 31.3 Å². The van der Waals surface area contributed by atoms with Crippen LogP contribution in [0.5, 0.6) is 11.5 Å². The SMILES string of the molecule is COc1ccc(C2=CNC(N)C(c3ccc(NC(=O)c4cn(CC5(C)CCOCC5)cc(-c5ccc(C)cc5)c4=O)cc3)=C2)cc1OC. The first kappa shape index (κ1) is 32.8. The Labute approximate surface area is 281 Å². The number of hydrogen-bond donors (Lipinski definition) is 3. The molecule has 248 valence electrons. The van der Waals surface area contributed by atoms with Gasteiger partial charge in [-0.15, -0.1) is 0 Å². The van der Waals surface area contributed by atoms with Gasteiger partial charge < -0.3 is 35.1 Å². The molecule has 1 aromatic heterocycles. The molecule has 0 bridgehead atoms. The van der Waals surface area contributed by atoms with Crippen molar-refractivity contribution in [3.8, 4) is 22.6 Å². The maximum Gasteiger partial charge on any atom is 0.261 e. The molecular weight excluding hydrogens is 604 g/mol. The number of dihydropyridines is 1. The number of carbonyl (C=O) groups is 1.